The molecule has 2 aliphatic heterocycles. The number of allylic oxidation sites excluding steroid dienone is 1. The van der Waals surface area contributed by atoms with E-state index in [-0.39, 0.29) is 17.4 Å². The Morgan fingerprint density at radius 2 is 1.71 bits per heavy atom. The molecular formula is C31H37N5O5. The molecule has 3 N–H and O–H groups in total. The number of Topliss-reactive ketones (excluding diaryl/α,β-unsaturated/α-hetero) is 1. The maximum absolute atomic E-state index is 13.5. The predicted octanol–water partition coefficient (Wildman–Crippen LogP) is 3.66. The van der Waals surface area contributed by atoms with Gasteiger partial charge in [0.1, 0.15) is 5.78 Å². The van der Waals surface area contributed by atoms with E-state index in [2.05, 4.69) is 15.2 Å². The van der Waals surface area contributed by atoms with Gasteiger partial charge in [0.2, 0.25) is 11.8 Å². The number of nitrogens with one attached hydrogen (secondary N) is 1. The van der Waals surface area contributed by atoms with Crippen LogP contribution in [0.2, 0.25) is 0 Å². The second-order valence-electron chi connectivity index (χ2n) is 10.9. The Balaban J connectivity index is 1.40. The molecule has 2 unspecified atom stereocenters. The molecule has 10 heteroatoms. The Hall–Kier alpha value is -4.18. The number of piperidine rings is 1. The van der Waals surface area contributed by atoms with Gasteiger partial charge in [-0.3, -0.25) is 29.5 Å². The lowest BCUT2D eigenvalue weighted by Crippen LogP contribution is -2.47. The Morgan fingerprint density at radius 3 is 2.27 bits per heavy atom. The van der Waals surface area contributed by atoms with Crippen LogP contribution in [0.25, 0.3) is 0 Å². The molecular weight excluding hydrogens is 522 g/mol. The smallest absolute Gasteiger partial charge is 0.269 e. The summed E-state index contributed by atoms with van der Waals surface area (Å²) in [4.78, 5) is 56.0. The van der Waals surface area contributed by atoms with Gasteiger partial charge >= 0.3 is 0 Å². The van der Waals surface area contributed by atoms with Crippen LogP contribution in [0.3, 0.4) is 0 Å². The van der Waals surface area contributed by atoms with Crippen molar-refractivity contribution in [1.29, 1.82) is 0 Å². The first-order valence-electron chi connectivity index (χ1n) is 13.9. The molecule has 10 nitrogen and oxygen atoms in total. The average Bonchev–Trinajstić information content (AvgIpc) is 2.95. The van der Waals surface area contributed by atoms with E-state index in [0.29, 0.717) is 35.5 Å². The fourth-order valence-electron chi connectivity index (χ4n) is 6.22. The second kappa shape index (κ2) is 12.6. The van der Waals surface area contributed by atoms with Crippen molar-refractivity contribution < 1.29 is 19.3 Å². The summed E-state index contributed by atoms with van der Waals surface area (Å²) in [5.41, 5.74) is 8.18. The summed E-state index contributed by atoms with van der Waals surface area (Å²) in [5.74, 6) is -2.31. The maximum Gasteiger partial charge on any atom is 0.269 e. The number of ketones is 1. The van der Waals surface area contributed by atoms with Crippen molar-refractivity contribution in [2.45, 2.75) is 51.4 Å². The van der Waals surface area contributed by atoms with Gasteiger partial charge in [0, 0.05) is 41.6 Å². The van der Waals surface area contributed by atoms with Gasteiger partial charge in [-0.25, -0.2) is 0 Å². The van der Waals surface area contributed by atoms with Crippen molar-refractivity contribution >= 4 is 29.0 Å². The zero-order chi connectivity index (χ0) is 29.7. The summed E-state index contributed by atoms with van der Waals surface area (Å²) >= 11 is 0. The number of benzene rings is 2. The molecule has 2 atom stereocenters. The van der Waals surface area contributed by atoms with E-state index in [1.165, 1.54) is 12.1 Å². The molecule has 2 aliphatic rings. The van der Waals surface area contributed by atoms with Crippen molar-refractivity contribution in [3.8, 4) is 0 Å². The van der Waals surface area contributed by atoms with E-state index in [9.17, 15) is 24.5 Å². The number of hydrogen-bond donors (Lipinski definition) is 2. The Morgan fingerprint density at radius 1 is 1.07 bits per heavy atom. The molecule has 2 aromatic carbocycles. The van der Waals surface area contributed by atoms with Gasteiger partial charge in [0.15, 0.2) is 0 Å². The highest BCUT2D eigenvalue weighted by Gasteiger charge is 2.41. The lowest BCUT2D eigenvalue weighted by atomic mass is 9.70. The molecule has 2 aromatic rings. The fraction of sp³-hybridized carbons (Fsp3) is 0.419. The summed E-state index contributed by atoms with van der Waals surface area (Å²) in [5, 5.41) is 14.1. The molecule has 2 amide bonds. The third-order valence-corrected chi connectivity index (χ3v) is 8.49. The summed E-state index contributed by atoms with van der Waals surface area (Å²) in [6.45, 7) is 7.87. The van der Waals surface area contributed by atoms with Gasteiger partial charge in [-0.15, -0.1) is 0 Å². The van der Waals surface area contributed by atoms with Crippen LogP contribution in [0.15, 0.2) is 70.9 Å². The zero-order valence-corrected chi connectivity index (χ0v) is 23.8. The van der Waals surface area contributed by atoms with E-state index < -0.39 is 28.1 Å². The number of hydrogen-bond acceptors (Lipinski definition) is 7. The number of amides is 2. The van der Waals surface area contributed by atoms with Crippen LogP contribution in [0, 0.1) is 16.0 Å². The lowest BCUT2D eigenvalue weighted by molar-refractivity contribution is -0.384. The van der Waals surface area contributed by atoms with Crippen LogP contribution in [0.5, 0.6) is 0 Å². The minimum Gasteiger partial charge on any atom is -0.369 e. The number of nitrogens with zero attached hydrogens (tertiary/aromatic N) is 3. The highest BCUT2D eigenvalue weighted by Crippen LogP contribution is 2.39. The van der Waals surface area contributed by atoms with Crippen LogP contribution < -0.4 is 11.1 Å². The highest BCUT2D eigenvalue weighted by molar-refractivity contribution is 6.08. The number of carbonyl (C=O) groups is 3. The van der Waals surface area contributed by atoms with Gasteiger partial charge < -0.3 is 16.0 Å². The normalized spacial score (nSPS) is 20.7. The van der Waals surface area contributed by atoms with Gasteiger partial charge in [-0.05, 0) is 70.8 Å². The Kier molecular flexibility index (Phi) is 9.12. The van der Waals surface area contributed by atoms with E-state index in [1.807, 2.05) is 30.3 Å². The second-order valence-corrected chi connectivity index (χ2v) is 10.9. The molecule has 216 valence electrons. The molecule has 4 rings (SSSR count). The molecule has 0 saturated carbocycles. The van der Waals surface area contributed by atoms with Crippen molar-refractivity contribution in [2.75, 3.05) is 26.2 Å². The average molecular weight is 560 g/mol. The monoisotopic (exact) mass is 559 g/mol. The van der Waals surface area contributed by atoms with Crippen LogP contribution in [0.4, 0.5) is 5.69 Å². The molecule has 1 fully saturated rings. The number of aliphatic imine (C=N–C) groups is 1. The first kappa shape index (κ1) is 29.8. The summed E-state index contributed by atoms with van der Waals surface area (Å²) in [6.07, 6.45) is 2.22. The van der Waals surface area contributed by atoms with Crippen molar-refractivity contribution in [2.24, 2.45) is 16.6 Å². The predicted molar refractivity (Wildman–Crippen MR) is 156 cm³/mol. The molecule has 0 aromatic heterocycles. The van der Waals surface area contributed by atoms with Crippen molar-refractivity contribution in [3.05, 3.63) is 87.1 Å². The van der Waals surface area contributed by atoms with E-state index in [0.717, 1.165) is 38.0 Å². The van der Waals surface area contributed by atoms with Crippen LogP contribution >= 0.6 is 0 Å². The molecule has 0 spiro atoms. The first-order valence-corrected chi connectivity index (χ1v) is 13.9. The SMILES string of the molecule is CC(=O)C1(c2ccccc2)CCN(CCCNC(=O)C2=C(C)N=C(C)C(C(N)=O)C2c2ccc([N+](=O)[O-])cc2)CC1. The summed E-state index contributed by atoms with van der Waals surface area (Å²) in [6, 6.07) is 15.8. The van der Waals surface area contributed by atoms with E-state index in [1.54, 1.807) is 32.9 Å². The molecule has 0 aliphatic carbocycles. The van der Waals surface area contributed by atoms with Crippen molar-refractivity contribution in [3.63, 3.8) is 0 Å². The Bertz CT molecular complexity index is 1380. The lowest BCUT2D eigenvalue weighted by Gasteiger charge is -2.40. The molecule has 41 heavy (non-hydrogen) atoms. The highest BCUT2D eigenvalue weighted by atomic mass is 16.6. The summed E-state index contributed by atoms with van der Waals surface area (Å²) < 4.78 is 0. The molecule has 0 radical (unpaired) electrons. The number of nitro groups is 1. The topological polar surface area (TPSA) is 148 Å². The number of non-ortho nitro benzene ring substituents is 1. The quantitative estimate of drug-likeness (QED) is 0.258. The molecule has 1 saturated heterocycles. The zero-order valence-electron chi connectivity index (χ0n) is 23.8. The summed E-state index contributed by atoms with van der Waals surface area (Å²) in [7, 11) is 0. The Labute approximate surface area is 239 Å². The number of rotatable bonds is 10. The third kappa shape index (κ3) is 6.27. The van der Waals surface area contributed by atoms with Gasteiger partial charge in [0.25, 0.3) is 5.69 Å². The third-order valence-electron chi connectivity index (χ3n) is 8.49. The van der Waals surface area contributed by atoms with Crippen LogP contribution in [-0.2, 0) is 19.8 Å². The number of primary amides is 1. The number of nitrogens with two attached hydrogens (primary N) is 1. The van der Waals surface area contributed by atoms with Gasteiger partial charge in [-0.2, -0.15) is 0 Å². The molecule has 2 heterocycles. The van der Waals surface area contributed by atoms with Crippen LogP contribution in [0.1, 0.15) is 57.1 Å². The van der Waals surface area contributed by atoms with Gasteiger partial charge in [0.05, 0.1) is 16.3 Å². The maximum atomic E-state index is 13.5. The van der Waals surface area contributed by atoms with E-state index >= 15 is 0 Å². The minimum atomic E-state index is -0.847. The number of nitro benzene ring substituents is 1. The minimum absolute atomic E-state index is 0.0840. The number of carbonyl (C=O) groups excluding carboxylic acids is 3. The largest absolute Gasteiger partial charge is 0.369 e. The fourth-order valence-corrected chi connectivity index (χ4v) is 6.22. The van der Waals surface area contributed by atoms with Gasteiger partial charge in [-0.1, -0.05) is 42.5 Å². The number of likely N-dealkylation sites (tertiary alicyclic amines) is 1. The standard InChI is InChI=1S/C31H37N5O5/c1-20-26(29(32)38)28(23-10-12-25(13-11-23)36(40)41)27(21(2)34-20)30(39)33-16-7-17-35-18-14-31(15-19-35,22(3)37)24-8-5-4-6-9-24/h4-6,8-13,26,28H,7,14-19H2,1-3H3,(H2,32,38)(H,33,39). The van der Waals surface area contributed by atoms with Crippen LogP contribution in [-0.4, -0.2) is 59.3 Å². The molecule has 0 bridgehead atoms. The van der Waals surface area contributed by atoms with E-state index in [4.69, 9.17) is 5.73 Å². The van der Waals surface area contributed by atoms with Crippen molar-refractivity contribution in [1.82, 2.24) is 10.2 Å². The first-order chi connectivity index (χ1) is 19.5.